The van der Waals surface area contributed by atoms with Gasteiger partial charge in [-0.3, -0.25) is 0 Å². The minimum absolute atomic E-state index is 0.0230. The van der Waals surface area contributed by atoms with Crippen molar-refractivity contribution in [3.8, 4) is 5.75 Å². The van der Waals surface area contributed by atoms with E-state index in [1.165, 1.54) is 12.1 Å². The molecule has 0 unspecified atom stereocenters. The molecule has 2 aliphatic heterocycles. The average molecular weight is 421 g/mol. The second-order valence-electron chi connectivity index (χ2n) is 6.68. The van der Waals surface area contributed by atoms with E-state index in [0.717, 1.165) is 12.8 Å². The Morgan fingerprint density at radius 1 is 1.33 bits per heavy atom. The van der Waals surface area contributed by atoms with Gasteiger partial charge in [0.15, 0.2) is 14.9 Å². The SMILES string of the molecule is O=S1(=O)CC[C@@H](N(C[C@H]2CCCO2)C(=S)Nc2ccc(OC(F)F)cc2)C1. The number of rotatable bonds is 6. The number of halogens is 2. The molecule has 6 nitrogen and oxygen atoms in total. The van der Waals surface area contributed by atoms with Gasteiger partial charge in [0.2, 0.25) is 0 Å². The molecule has 0 saturated carbocycles. The fraction of sp³-hybridized carbons (Fsp3) is 0.588. The maximum absolute atomic E-state index is 12.2. The van der Waals surface area contributed by atoms with Gasteiger partial charge in [0.05, 0.1) is 17.6 Å². The van der Waals surface area contributed by atoms with Crippen LogP contribution in [-0.2, 0) is 14.6 Å². The Morgan fingerprint density at radius 2 is 2.07 bits per heavy atom. The Labute approximate surface area is 162 Å². The van der Waals surface area contributed by atoms with Crippen LogP contribution in [0.25, 0.3) is 0 Å². The standard InChI is InChI=1S/C17H22F2N2O4S2/c18-16(19)25-14-5-3-12(4-6-14)20-17(26)21(10-15-2-1-8-24-15)13-7-9-27(22,23)11-13/h3-6,13,15-16H,1-2,7-11H2,(H,20,26)/t13-,15-/m1/s1. The van der Waals surface area contributed by atoms with Gasteiger partial charge in [0.1, 0.15) is 5.75 Å². The van der Waals surface area contributed by atoms with Crippen LogP contribution in [0.5, 0.6) is 5.75 Å². The van der Waals surface area contributed by atoms with Crippen molar-refractivity contribution in [2.24, 2.45) is 0 Å². The van der Waals surface area contributed by atoms with Gasteiger partial charge in [-0.1, -0.05) is 0 Å². The molecule has 3 rings (SSSR count). The molecule has 1 aromatic carbocycles. The summed E-state index contributed by atoms with van der Waals surface area (Å²) in [7, 11) is -3.06. The lowest BCUT2D eigenvalue weighted by Crippen LogP contribution is -2.47. The fourth-order valence-corrected chi connectivity index (χ4v) is 5.41. The van der Waals surface area contributed by atoms with Gasteiger partial charge in [-0.2, -0.15) is 8.78 Å². The predicted molar refractivity (Wildman–Crippen MR) is 102 cm³/mol. The van der Waals surface area contributed by atoms with Crippen molar-refractivity contribution in [2.45, 2.75) is 38.0 Å². The normalized spacial score (nSPS) is 24.1. The van der Waals surface area contributed by atoms with E-state index in [1.54, 1.807) is 12.1 Å². The fourth-order valence-electron chi connectivity index (χ4n) is 3.34. The first kappa shape index (κ1) is 20.2. The van der Waals surface area contributed by atoms with E-state index >= 15 is 0 Å². The lowest BCUT2D eigenvalue weighted by atomic mass is 10.2. The number of sulfone groups is 1. The van der Waals surface area contributed by atoms with Crippen molar-refractivity contribution < 1.29 is 26.7 Å². The van der Waals surface area contributed by atoms with Crippen molar-refractivity contribution in [3.05, 3.63) is 24.3 Å². The molecule has 0 aromatic heterocycles. The molecule has 1 aromatic rings. The maximum atomic E-state index is 12.2. The highest BCUT2D eigenvalue weighted by Crippen LogP contribution is 2.23. The van der Waals surface area contributed by atoms with Gasteiger partial charge < -0.3 is 19.7 Å². The van der Waals surface area contributed by atoms with E-state index < -0.39 is 16.4 Å². The van der Waals surface area contributed by atoms with Crippen LogP contribution < -0.4 is 10.1 Å². The molecule has 0 aliphatic carbocycles. The molecule has 10 heteroatoms. The van der Waals surface area contributed by atoms with Crippen LogP contribution >= 0.6 is 12.2 Å². The highest BCUT2D eigenvalue weighted by Gasteiger charge is 2.35. The number of anilines is 1. The molecule has 0 amide bonds. The van der Waals surface area contributed by atoms with Crippen molar-refractivity contribution in [1.29, 1.82) is 0 Å². The zero-order chi connectivity index (χ0) is 19.4. The van der Waals surface area contributed by atoms with E-state index in [9.17, 15) is 17.2 Å². The summed E-state index contributed by atoms with van der Waals surface area (Å²) in [4.78, 5) is 1.89. The van der Waals surface area contributed by atoms with E-state index in [2.05, 4.69) is 10.1 Å². The largest absolute Gasteiger partial charge is 0.435 e. The topological polar surface area (TPSA) is 67.9 Å². The minimum atomic E-state index is -3.06. The first-order valence-electron chi connectivity index (χ1n) is 8.77. The van der Waals surface area contributed by atoms with Crippen LogP contribution in [0.2, 0.25) is 0 Å². The number of ether oxygens (including phenoxy) is 2. The van der Waals surface area contributed by atoms with Gasteiger partial charge in [-0.05, 0) is 55.7 Å². The lowest BCUT2D eigenvalue weighted by molar-refractivity contribution is -0.0498. The third-order valence-electron chi connectivity index (χ3n) is 4.67. The number of thiocarbonyl (C=S) groups is 1. The van der Waals surface area contributed by atoms with Crippen LogP contribution in [0.15, 0.2) is 24.3 Å². The lowest BCUT2D eigenvalue weighted by Gasteiger charge is -2.33. The second kappa shape index (κ2) is 8.66. The number of hydrogen-bond donors (Lipinski definition) is 1. The third-order valence-corrected chi connectivity index (χ3v) is 6.75. The summed E-state index contributed by atoms with van der Waals surface area (Å²) in [5.74, 6) is 0.282. The maximum Gasteiger partial charge on any atom is 0.387 e. The van der Waals surface area contributed by atoms with Gasteiger partial charge in [0, 0.05) is 24.9 Å². The van der Waals surface area contributed by atoms with Crippen LogP contribution in [0.1, 0.15) is 19.3 Å². The van der Waals surface area contributed by atoms with Gasteiger partial charge in [0.25, 0.3) is 0 Å². The van der Waals surface area contributed by atoms with E-state index in [0.29, 0.717) is 30.4 Å². The minimum Gasteiger partial charge on any atom is -0.435 e. The van der Waals surface area contributed by atoms with Crippen molar-refractivity contribution >= 4 is 32.9 Å². The van der Waals surface area contributed by atoms with Crippen molar-refractivity contribution in [1.82, 2.24) is 4.90 Å². The molecule has 2 aliphatic rings. The van der Waals surface area contributed by atoms with E-state index in [1.807, 2.05) is 4.90 Å². The van der Waals surface area contributed by atoms with Crippen molar-refractivity contribution in [3.63, 3.8) is 0 Å². The van der Waals surface area contributed by atoms with E-state index in [4.69, 9.17) is 17.0 Å². The summed E-state index contributed by atoms with van der Waals surface area (Å²) in [5, 5.41) is 3.46. The smallest absolute Gasteiger partial charge is 0.387 e. The second-order valence-corrected chi connectivity index (χ2v) is 9.29. The van der Waals surface area contributed by atoms with Crippen molar-refractivity contribution in [2.75, 3.05) is 30.0 Å². The number of nitrogens with zero attached hydrogens (tertiary/aromatic N) is 1. The molecule has 2 heterocycles. The molecule has 0 radical (unpaired) electrons. The summed E-state index contributed by atoms with van der Waals surface area (Å²) >= 11 is 5.52. The first-order valence-corrected chi connectivity index (χ1v) is 11.0. The van der Waals surface area contributed by atoms with Crippen LogP contribution in [0, 0.1) is 0 Å². The van der Waals surface area contributed by atoms with Crippen LogP contribution in [0.4, 0.5) is 14.5 Å². The molecule has 0 bridgehead atoms. The number of hydrogen-bond acceptors (Lipinski definition) is 5. The Morgan fingerprint density at radius 3 is 2.63 bits per heavy atom. The molecule has 0 spiro atoms. The molecule has 27 heavy (non-hydrogen) atoms. The monoisotopic (exact) mass is 420 g/mol. The average Bonchev–Trinajstić information content (AvgIpc) is 3.23. The molecule has 2 atom stereocenters. The summed E-state index contributed by atoms with van der Waals surface area (Å²) in [6.07, 6.45) is 2.44. The summed E-state index contributed by atoms with van der Waals surface area (Å²) in [6.45, 7) is -1.65. The molecule has 150 valence electrons. The quantitative estimate of drug-likeness (QED) is 0.710. The molecule has 2 fully saturated rings. The highest BCUT2D eigenvalue weighted by atomic mass is 32.2. The summed E-state index contributed by atoms with van der Waals surface area (Å²) in [5.41, 5.74) is 0.611. The molecule has 1 N–H and O–H groups in total. The van der Waals surface area contributed by atoms with Gasteiger partial charge in [-0.15, -0.1) is 0 Å². The summed E-state index contributed by atoms with van der Waals surface area (Å²) in [6, 6.07) is 5.81. The Bertz CT molecular complexity index is 753. The first-order chi connectivity index (χ1) is 12.8. The predicted octanol–water partition coefficient (Wildman–Crippen LogP) is 2.65. The molecular formula is C17H22F2N2O4S2. The molecule has 2 saturated heterocycles. The van der Waals surface area contributed by atoms with Crippen LogP contribution in [-0.4, -0.2) is 61.8 Å². The van der Waals surface area contributed by atoms with E-state index in [-0.39, 0.29) is 29.4 Å². The third kappa shape index (κ3) is 5.73. The van der Waals surface area contributed by atoms with Gasteiger partial charge >= 0.3 is 6.61 Å². The Hall–Kier alpha value is -1.52. The number of benzene rings is 1. The number of nitrogens with one attached hydrogen (secondary N) is 1. The Kier molecular flexibility index (Phi) is 6.48. The van der Waals surface area contributed by atoms with Crippen LogP contribution in [0.3, 0.4) is 0 Å². The zero-order valence-electron chi connectivity index (χ0n) is 14.6. The summed E-state index contributed by atoms with van der Waals surface area (Å²) < 4.78 is 58.3. The van der Waals surface area contributed by atoms with Gasteiger partial charge in [-0.25, -0.2) is 8.42 Å². The highest BCUT2D eigenvalue weighted by molar-refractivity contribution is 7.91. The molecular weight excluding hydrogens is 398 g/mol. The zero-order valence-corrected chi connectivity index (χ0v) is 16.3. The number of alkyl halides is 2. The Balaban J connectivity index is 1.68.